The molecule has 0 unspecified atom stereocenters. The number of fused-ring (bicyclic) bond motifs is 1. The van der Waals surface area contributed by atoms with Gasteiger partial charge in [-0.3, -0.25) is 4.90 Å². The third kappa shape index (κ3) is 5.85. The quantitative estimate of drug-likeness (QED) is 0.437. The van der Waals surface area contributed by atoms with Crippen molar-refractivity contribution in [1.82, 2.24) is 9.88 Å². The second-order valence-electron chi connectivity index (χ2n) is 6.63. The lowest BCUT2D eigenvalue weighted by Gasteiger charge is -2.20. The van der Waals surface area contributed by atoms with Crippen LogP contribution in [0, 0.1) is 0 Å². The van der Waals surface area contributed by atoms with Crippen molar-refractivity contribution in [1.29, 1.82) is 0 Å². The monoisotopic (exact) mass is 437 g/mol. The Morgan fingerprint density at radius 3 is 2.27 bits per heavy atom. The van der Waals surface area contributed by atoms with Crippen LogP contribution in [0.25, 0.3) is 10.9 Å². The molecule has 0 radical (unpaired) electrons. The number of aliphatic hydroxyl groups excluding tert-OH is 2. The topological polar surface area (TPSA) is 68.6 Å². The first-order valence-corrected chi connectivity index (χ1v) is 10.1. The lowest BCUT2D eigenvalue weighted by atomic mass is 10.1. The lowest BCUT2D eigenvalue weighted by molar-refractivity contribution is -0.137. The number of benzene rings is 2. The molecule has 3 rings (SSSR count). The number of anilines is 1. The number of halogens is 3. The summed E-state index contributed by atoms with van der Waals surface area (Å²) in [4.78, 5) is 7.26. The van der Waals surface area contributed by atoms with Crippen LogP contribution in [-0.4, -0.2) is 46.4 Å². The van der Waals surface area contributed by atoms with E-state index in [1.807, 2.05) is 35.2 Å². The van der Waals surface area contributed by atoms with E-state index in [4.69, 9.17) is 4.98 Å². The number of aliphatic hydroxyl groups is 2. The first-order valence-electron chi connectivity index (χ1n) is 9.33. The van der Waals surface area contributed by atoms with Gasteiger partial charge in [-0.15, -0.1) is 0 Å². The summed E-state index contributed by atoms with van der Waals surface area (Å²) in [6, 6.07) is 14.5. The fourth-order valence-electron chi connectivity index (χ4n) is 2.97. The molecule has 1 heterocycles. The minimum absolute atomic E-state index is 0.00977. The number of alkyl halides is 3. The molecule has 9 heteroatoms. The Hall–Kier alpha value is -2.33. The molecule has 0 aliphatic rings. The molecule has 0 spiro atoms. The summed E-state index contributed by atoms with van der Waals surface area (Å²) in [5.74, 6) is 0. The van der Waals surface area contributed by atoms with E-state index in [0.717, 1.165) is 34.4 Å². The fourth-order valence-corrected chi connectivity index (χ4v) is 3.63. The zero-order valence-corrected chi connectivity index (χ0v) is 16.9. The maximum absolute atomic E-state index is 12.7. The zero-order valence-electron chi connectivity index (χ0n) is 16.1. The van der Waals surface area contributed by atoms with Gasteiger partial charge in [0.15, 0.2) is 0 Å². The van der Waals surface area contributed by atoms with Crippen LogP contribution >= 0.6 is 11.9 Å². The summed E-state index contributed by atoms with van der Waals surface area (Å²) in [6.45, 7) is 1.33. The molecular weight excluding hydrogens is 415 g/mol. The van der Waals surface area contributed by atoms with Gasteiger partial charge in [-0.05, 0) is 48.3 Å². The average molecular weight is 437 g/mol. The molecular formula is C21H22F3N3O2S. The molecule has 0 bridgehead atoms. The Balaban J connectivity index is 1.76. The van der Waals surface area contributed by atoms with E-state index in [1.54, 1.807) is 0 Å². The van der Waals surface area contributed by atoms with Crippen molar-refractivity contribution in [3.63, 3.8) is 0 Å². The molecule has 0 aliphatic heterocycles. The minimum atomic E-state index is -4.35. The summed E-state index contributed by atoms with van der Waals surface area (Å²) in [5.41, 5.74) is 1.59. The summed E-state index contributed by atoms with van der Waals surface area (Å²) < 4.78 is 41.3. The molecule has 0 atom stereocenters. The van der Waals surface area contributed by atoms with E-state index < -0.39 is 11.7 Å². The number of nitrogens with one attached hydrogen (secondary N) is 1. The average Bonchev–Trinajstić information content (AvgIpc) is 2.72. The third-order valence-corrected chi connectivity index (χ3v) is 5.29. The van der Waals surface area contributed by atoms with Crippen LogP contribution in [-0.2, 0) is 12.7 Å². The van der Waals surface area contributed by atoms with E-state index >= 15 is 0 Å². The van der Waals surface area contributed by atoms with Crippen molar-refractivity contribution in [2.45, 2.75) is 17.6 Å². The maximum Gasteiger partial charge on any atom is 0.416 e. The molecule has 0 saturated carbocycles. The largest absolute Gasteiger partial charge is 0.416 e. The Kier molecular flexibility index (Phi) is 7.54. The second kappa shape index (κ2) is 10.1. The minimum Gasteiger partial charge on any atom is -0.395 e. The maximum atomic E-state index is 12.7. The Morgan fingerprint density at radius 1 is 0.933 bits per heavy atom. The molecule has 0 aliphatic carbocycles. The number of hydrogen-bond donors (Lipinski definition) is 3. The highest BCUT2D eigenvalue weighted by atomic mass is 32.2. The van der Waals surface area contributed by atoms with E-state index in [9.17, 15) is 23.4 Å². The van der Waals surface area contributed by atoms with Gasteiger partial charge >= 0.3 is 6.18 Å². The van der Waals surface area contributed by atoms with Gasteiger partial charge < -0.3 is 14.9 Å². The number of aromatic nitrogens is 1. The van der Waals surface area contributed by atoms with Gasteiger partial charge in [-0.2, -0.15) is 13.2 Å². The van der Waals surface area contributed by atoms with Gasteiger partial charge in [-0.1, -0.05) is 18.2 Å². The van der Waals surface area contributed by atoms with Crippen LogP contribution in [0.1, 0.15) is 11.3 Å². The zero-order chi connectivity index (χ0) is 21.6. The van der Waals surface area contributed by atoms with Gasteiger partial charge in [0.05, 0.1) is 35.7 Å². The molecule has 2 aromatic carbocycles. The van der Waals surface area contributed by atoms with E-state index in [1.165, 1.54) is 24.1 Å². The van der Waals surface area contributed by atoms with Gasteiger partial charge in [0.1, 0.15) is 0 Å². The first kappa shape index (κ1) is 22.4. The number of nitrogens with zero attached hydrogens (tertiary/aromatic N) is 2. The summed E-state index contributed by atoms with van der Waals surface area (Å²) in [7, 11) is 0. The van der Waals surface area contributed by atoms with Crippen molar-refractivity contribution in [2.75, 3.05) is 31.0 Å². The van der Waals surface area contributed by atoms with E-state index in [-0.39, 0.29) is 13.2 Å². The first-order chi connectivity index (χ1) is 14.4. The van der Waals surface area contributed by atoms with Crippen molar-refractivity contribution in [2.24, 2.45) is 0 Å². The smallest absolute Gasteiger partial charge is 0.395 e. The van der Waals surface area contributed by atoms with Gasteiger partial charge in [0, 0.05) is 29.9 Å². The molecule has 3 aromatic rings. The Morgan fingerprint density at radius 2 is 1.63 bits per heavy atom. The van der Waals surface area contributed by atoms with Gasteiger partial charge in [0.25, 0.3) is 0 Å². The van der Waals surface area contributed by atoms with Crippen molar-refractivity contribution < 1.29 is 23.4 Å². The van der Waals surface area contributed by atoms with Gasteiger partial charge in [-0.25, -0.2) is 4.98 Å². The number of rotatable bonds is 9. The standard InChI is InChI=1S/C21H22F3N3O2S/c22-21(23,24)16-5-8-18(9-6-16)30-26-19-3-1-2-15-4-7-17(25-20(15)19)14-27(10-12-28)11-13-29/h1-9,26,28-29H,10-14H2. The van der Waals surface area contributed by atoms with Crippen LogP contribution in [0.4, 0.5) is 18.9 Å². The molecule has 3 N–H and O–H groups in total. The van der Waals surface area contributed by atoms with Crippen LogP contribution in [0.2, 0.25) is 0 Å². The normalized spacial score (nSPS) is 11.9. The van der Waals surface area contributed by atoms with Crippen LogP contribution in [0.15, 0.2) is 59.5 Å². The number of pyridine rings is 1. The number of hydrogen-bond acceptors (Lipinski definition) is 6. The highest BCUT2D eigenvalue weighted by Gasteiger charge is 2.29. The summed E-state index contributed by atoms with van der Waals surface area (Å²) in [6.07, 6.45) is -4.35. The van der Waals surface area contributed by atoms with Crippen molar-refractivity contribution in [3.05, 3.63) is 65.9 Å². The summed E-state index contributed by atoms with van der Waals surface area (Å²) >= 11 is 1.21. The van der Waals surface area contributed by atoms with Crippen molar-refractivity contribution in [3.8, 4) is 0 Å². The van der Waals surface area contributed by atoms with Gasteiger partial charge in [0.2, 0.25) is 0 Å². The predicted octanol–water partition coefficient (Wildman–Crippen LogP) is 4.16. The van der Waals surface area contributed by atoms with Crippen LogP contribution < -0.4 is 4.72 Å². The summed E-state index contributed by atoms with van der Waals surface area (Å²) in [5, 5.41) is 19.3. The second-order valence-corrected chi connectivity index (χ2v) is 7.51. The lowest BCUT2D eigenvalue weighted by Crippen LogP contribution is -2.29. The van der Waals surface area contributed by atoms with Crippen LogP contribution in [0.5, 0.6) is 0 Å². The molecule has 0 saturated heterocycles. The van der Waals surface area contributed by atoms with E-state index in [0.29, 0.717) is 24.5 Å². The molecule has 30 heavy (non-hydrogen) atoms. The van der Waals surface area contributed by atoms with Crippen molar-refractivity contribution >= 4 is 28.5 Å². The third-order valence-electron chi connectivity index (χ3n) is 4.46. The Bertz CT molecular complexity index is 962. The highest BCUT2D eigenvalue weighted by molar-refractivity contribution is 8.00. The molecule has 1 aromatic heterocycles. The molecule has 5 nitrogen and oxygen atoms in total. The molecule has 0 fully saturated rings. The molecule has 160 valence electrons. The number of para-hydroxylation sites is 1. The predicted molar refractivity (Wildman–Crippen MR) is 112 cm³/mol. The fraction of sp³-hybridized carbons (Fsp3) is 0.286. The van der Waals surface area contributed by atoms with Crippen LogP contribution in [0.3, 0.4) is 0 Å². The SMILES string of the molecule is OCCN(CCO)Cc1ccc2cccc(NSc3ccc(C(F)(F)F)cc3)c2n1. The van der Waals surface area contributed by atoms with E-state index in [2.05, 4.69) is 4.72 Å². The Labute approximate surface area is 176 Å². The molecule has 0 amide bonds. The highest BCUT2D eigenvalue weighted by Crippen LogP contribution is 2.32.